The maximum Gasteiger partial charge on any atom is 0.251 e. The van der Waals surface area contributed by atoms with Gasteiger partial charge in [0.15, 0.2) is 0 Å². The van der Waals surface area contributed by atoms with E-state index >= 15 is 0 Å². The predicted octanol–water partition coefficient (Wildman–Crippen LogP) is 5.46. The minimum absolute atomic E-state index is 0.00872. The molecule has 0 spiro atoms. The summed E-state index contributed by atoms with van der Waals surface area (Å²) in [5.41, 5.74) is 8.31. The van der Waals surface area contributed by atoms with Crippen molar-refractivity contribution in [1.82, 2.24) is 20.4 Å². The Hall–Kier alpha value is -3.76. The summed E-state index contributed by atoms with van der Waals surface area (Å²) < 4.78 is 0. The monoisotopic (exact) mass is 511 g/mol. The SMILES string of the molecule is CC#N.CN(Cc1ccc(C(=O)NC2(C)CC2)cc1)Cc1cc(-c2n[nH]c3c2CC(C)(C)C3)ccc1C=O. The Morgan fingerprint density at radius 3 is 2.45 bits per heavy atom. The number of amides is 1. The molecule has 1 amide bonds. The molecule has 7 nitrogen and oxygen atoms in total. The molecule has 2 N–H and O–H groups in total. The summed E-state index contributed by atoms with van der Waals surface area (Å²) in [6, 6.07) is 15.6. The van der Waals surface area contributed by atoms with Crippen LogP contribution in [0.2, 0.25) is 0 Å². The molecule has 3 aromatic rings. The highest BCUT2D eigenvalue weighted by Crippen LogP contribution is 2.40. The zero-order valence-electron chi connectivity index (χ0n) is 23.0. The second-order valence-electron chi connectivity index (χ2n) is 11.7. The first kappa shape index (κ1) is 27.3. The van der Waals surface area contributed by atoms with Crippen LogP contribution in [-0.4, -0.2) is 39.9 Å². The molecule has 7 heteroatoms. The fourth-order valence-electron chi connectivity index (χ4n) is 5.08. The number of nitrogens with one attached hydrogen (secondary N) is 2. The van der Waals surface area contributed by atoms with Crippen LogP contribution < -0.4 is 5.32 Å². The Kier molecular flexibility index (Phi) is 7.84. The Bertz CT molecular complexity index is 1360. The second kappa shape index (κ2) is 10.9. The number of fused-ring (bicyclic) bond motifs is 1. The van der Waals surface area contributed by atoms with Gasteiger partial charge in [-0.1, -0.05) is 38.1 Å². The van der Waals surface area contributed by atoms with Gasteiger partial charge in [0.2, 0.25) is 0 Å². The summed E-state index contributed by atoms with van der Waals surface area (Å²) in [6.07, 6.45) is 5.04. The smallest absolute Gasteiger partial charge is 0.251 e. The molecule has 5 rings (SSSR count). The Labute approximate surface area is 225 Å². The first-order valence-electron chi connectivity index (χ1n) is 13.1. The number of hydrogen-bond donors (Lipinski definition) is 2. The summed E-state index contributed by atoms with van der Waals surface area (Å²) in [5.74, 6) is -0.00872. The molecule has 1 aromatic heterocycles. The van der Waals surface area contributed by atoms with Crippen LogP contribution in [0.1, 0.15) is 83.6 Å². The summed E-state index contributed by atoms with van der Waals surface area (Å²) in [6.45, 7) is 9.44. The molecule has 0 radical (unpaired) electrons. The van der Waals surface area contributed by atoms with Gasteiger partial charge in [-0.25, -0.2) is 0 Å². The molecule has 2 aliphatic rings. The van der Waals surface area contributed by atoms with Gasteiger partial charge in [0.05, 0.1) is 11.8 Å². The van der Waals surface area contributed by atoms with Gasteiger partial charge in [-0.15, -0.1) is 0 Å². The van der Waals surface area contributed by atoms with Gasteiger partial charge < -0.3 is 5.32 Å². The van der Waals surface area contributed by atoms with Crippen molar-refractivity contribution in [2.45, 2.75) is 72.0 Å². The van der Waals surface area contributed by atoms with E-state index in [4.69, 9.17) is 5.26 Å². The van der Waals surface area contributed by atoms with Gasteiger partial charge >= 0.3 is 0 Å². The van der Waals surface area contributed by atoms with E-state index in [0.29, 0.717) is 24.2 Å². The number of aromatic nitrogens is 2. The number of H-pyrrole nitrogens is 1. The summed E-state index contributed by atoms with van der Waals surface area (Å²) in [5, 5.41) is 18.3. The van der Waals surface area contributed by atoms with Crippen molar-refractivity contribution >= 4 is 12.2 Å². The molecule has 1 saturated carbocycles. The van der Waals surface area contributed by atoms with Crippen LogP contribution in [0.4, 0.5) is 0 Å². The molecule has 38 heavy (non-hydrogen) atoms. The van der Waals surface area contributed by atoms with E-state index in [1.54, 1.807) is 6.07 Å². The normalized spacial score (nSPS) is 16.1. The van der Waals surface area contributed by atoms with Gasteiger partial charge in [0, 0.05) is 53.5 Å². The second-order valence-corrected chi connectivity index (χ2v) is 11.7. The van der Waals surface area contributed by atoms with Crippen molar-refractivity contribution in [2.24, 2.45) is 5.41 Å². The van der Waals surface area contributed by atoms with E-state index in [-0.39, 0.29) is 16.9 Å². The van der Waals surface area contributed by atoms with Crippen LogP contribution in [0.5, 0.6) is 0 Å². The molecule has 2 aromatic carbocycles. The Balaban J connectivity index is 0.00000107. The average Bonchev–Trinajstić information content (AvgIpc) is 3.34. The van der Waals surface area contributed by atoms with Crippen LogP contribution >= 0.6 is 0 Å². The lowest BCUT2D eigenvalue weighted by atomic mass is 9.89. The number of aldehydes is 1. The third-order valence-electron chi connectivity index (χ3n) is 7.33. The number of benzene rings is 2. The molecular weight excluding hydrogens is 474 g/mol. The van der Waals surface area contributed by atoms with Crippen molar-refractivity contribution in [3.05, 3.63) is 76.0 Å². The highest BCUT2D eigenvalue weighted by atomic mass is 16.1. The van der Waals surface area contributed by atoms with Gasteiger partial charge in [0.25, 0.3) is 5.91 Å². The highest BCUT2D eigenvalue weighted by Gasteiger charge is 2.38. The van der Waals surface area contributed by atoms with E-state index in [2.05, 4.69) is 47.3 Å². The number of aromatic amines is 1. The molecule has 0 aliphatic heterocycles. The van der Waals surface area contributed by atoms with Crippen LogP contribution in [-0.2, 0) is 25.9 Å². The molecular formula is C31H37N5O2. The lowest BCUT2D eigenvalue weighted by Gasteiger charge is -2.19. The van der Waals surface area contributed by atoms with Gasteiger partial charge in [-0.2, -0.15) is 10.4 Å². The minimum atomic E-state index is -0.0208. The number of carbonyl (C=O) groups excluding carboxylic acids is 2. The van der Waals surface area contributed by atoms with Crippen LogP contribution in [0.25, 0.3) is 11.3 Å². The number of nitriles is 1. The Morgan fingerprint density at radius 2 is 1.82 bits per heavy atom. The Morgan fingerprint density at radius 1 is 1.13 bits per heavy atom. The quantitative estimate of drug-likeness (QED) is 0.391. The number of hydrogen-bond acceptors (Lipinski definition) is 5. The molecule has 0 bridgehead atoms. The molecule has 0 atom stereocenters. The molecule has 0 unspecified atom stereocenters. The third-order valence-corrected chi connectivity index (χ3v) is 7.33. The van der Waals surface area contributed by atoms with Crippen molar-refractivity contribution in [2.75, 3.05) is 7.05 Å². The maximum absolute atomic E-state index is 12.4. The zero-order valence-corrected chi connectivity index (χ0v) is 23.0. The van der Waals surface area contributed by atoms with Crippen molar-refractivity contribution < 1.29 is 9.59 Å². The predicted molar refractivity (Wildman–Crippen MR) is 149 cm³/mol. The van der Waals surface area contributed by atoms with E-state index in [1.165, 1.54) is 18.2 Å². The van der Waals surface area contributed by atoms with Crippen molar-refractivity contribution in [3.8, 4) is 17.3 Å². The lowest BCUT2D eigenvalue weighted by Crippen LogP contribution is -2.34. The van der Waals surface area contributed by atoms with E-state index < -0.39 is 0 Å². The van der Waals surface area contributed by atoms with Crippen LogP contribution in [0.3, 0.4) is 0 Å². The largest absolute Gasteiger partial charge is 0.347 e. The topological polar surface area (TPSA) is 102 Å². The fourth-order valence-corrected chi connectivity index (χ4v) is 5.08. The highest BCUT2D eigenvalue weighted by molar-refractivity contribution is 5.94. The maximum atomic E-state index is 12.4. The lowest BCUT2D eigenvalue weighted by molar-refractivity contribution is 0.0935. The van der Waals surface area contributed by atoms with Gasteiger partial charge in [-0.05, 0) is 74.4 Å². The van der Waals surface area contributed by atoms with E-state index in [1.807, 2.05) is 43.4 Å². The van der Waals surface area contributed by atoms with E-state index in [9.17, 15) is 9.59 Å². The van der Waals surface area contributed by atoms with Gasteiger partial charge in [-0.3, -0.25) is 19.6 Å². The molecule has 1 fully saturated rings. The van der Waals surface area contributed by atoms with E-state index in [0.717, 1.165) is 54.4 Å². The molecule has 2 aliphatic carbocycles. The first-order chi connectivity index (χ1) is 18.1. The first-order valence-corrected chi connectivity index (χ1v) is 13.1. The molecule has 1 heterocycles. The molecule has 198 valence electrons. The van der Waals surface area contributed by atoms with Crippen LogP contribution in [0, 0.1) is 16.7 Å². The zero-order chi connectivity index (χ0) is 27.5. The minimum Gasteiger partial charge on any atom is -0.347 e. The standard InChI is InChI=1S/C29H34N4O2.C2H3N/c1-28(2)14-24-25(15-28)31-32-26(24)21-9-10-22(18-34)23(13-21)17-33(4)16-19-5-7-20(8-6-19)27(35)30-29(3)11-12-29;1-2-3/h5-10,13,18H,11-12,14-17H2,1-4H3,(H,30,35)(H,31,32);1H3. The third kappa shape index (κ3) is 6.38. The number of rotatable bonds is 8. The number of carbonyl (C=O) groups is 2. The van der Waals surface area contributed by atoms with Crippen molar-refractivity contribution in [3.63, 3.8) is 0 Å². The summed E-state index contributed by atoms with van der Waals surface area (Å²) in [7, 11) is 2.05. The van der Waals surface area contributed by atoms with Gasteiger partial charge in [0.1, 0.15) is 6.29 Å². The average molecular weight is 512 g/mol. The van der Waals surface area contributed by atoms with Crippen molar-refractivity contribution in [1.29, 1.82) is 5.26 Å². The summed E-state index contributed by atoms with van der Waals surface area (Å²) >= 11 is 0. The number of nitrogens with zero attached hydrogens (tertiary/aromatic N) is 3. The molecule has 0 saturated heterocycles. The summed E-state index contributed by atoms with van der Waals surface area (Å²) in [4.78, 5) is 26.4. The van der Waals surface area contributed by atoms with Crippen LogP contribution in [0.15, 0.2) is 42.5 Å². The fraction of sp³-hybridized carbons (Fsp3) is 0.419.